The number of carbonyl (C=O) groups excluding carboxylic acids is 1. The lowest BCUT2D eigenvalue weighted by Crippen LogP contribution is -2.11. The summed E-state index contributed by atoms with van der Waals surface area (Å²) >= 11 is 1.36. The summed E-state index contributed by atoms with van der Waals surface area (Å²) in [7, 11) is 0. The van der Waals surface area contributed by atoms with Crippen molar-refractivity contribution in [3.8, 4) is 11.8 Å². The number of amides is 1. The molecule has 0 unspecified atom stereocenters. The molecule has 2 rings (SSSR count). The Morgan fingerprint density at radius 1 is 1.50 bits per heavy atom. The van der Waals surface area contributed by atoms with Crippen LogP contribution in [0.3, 0.4) is 0 Å². The van der Waals surface area contributed by atoms with Crippen molar-refractivity contribution in [2.24, 2.45) is 0 Å². The number of hydrogen-bond donors (Lipinski definition) is 2. The second kappa shape index (κ2) is 5.96. The number of nitrogens with zero attached hydrogens (tertiary/aromatic N) is 1. The Morgan fingerprint density at radius 2 is 2.39 bits per heavy atom. The monoisotopic (exact) mass is 258 g/mol. The first kappa shape index (κ1) is 12.3. The number of rotatable bonds is 2. The van der Waals surface area contributed by atoms with E-state index in [4.69, 9.17) is 5.11 Å². The molecule has 0 fully saturated rings. The molecule has 0 spiro atoms. The zero-order valence-electron chi connectivity index (χ0n) is 9.38. The van der Waals surface area contributed by atoms with E-state index in [-0.39, 0.29) is 12.5 Å². The largest absolute Gasteiger partial charge is 0.384 e. The zero-order chi connectivity index (χ0) is 12.8. The fourth-order valence-corrected chi connectivity index (χ4v) is 1.86. The number of carbonyl (C=O) groups is 1. The number of hydrogen-bond acceptors (Lipinski definition) is 4. The minimum Gasteiger partial charge on any atom is -0.384 e. The fourth-order valence-electron chi connectivity index (χ4n) is 1.33. The maximum Gasteiger partial charge on any atom is 0.257 e. The molecule has 0 aliphatic carbocycles. The van der Waals surface area contributed by atoms with Crippen LogP contribution in [0, 0.1) is 11.8 Å². The van der Waals surface area contributed by atoms with Gasteiger partial charge in [0.25, 0.3) is 5.91 Å². The van der Waals surface area contributed by atoms with Crippen molar-refractivity contribution in [3.05, 3.63) is 47.0 Å². The van der Waals surface area contributed by atoms with Crippen molar-refractivity contribution < 1.29 is 9.90 Å². The van der Waals surface area contributed by atoms with Crippen molar-refractivity contribution >= 4 is 22.4 Å². The van der Waals surface area contributed by atoms with E-state index >= 15 is 0 Å². The standard InChI is InChI=1S/C13H10N2O2S/c16-7-2-4-10-3-1-5-11(9-10)12(17)15-13-14-6-8-18-13/h1,3,5-6,8-9,16H,7H2,(H,14,15,17). The minimum absolute atomic E-state index is 0.199. The number of anilines is 1. The second-order valence-corrected chi connectivity index (χ2v) is 4.23. The molecule has 1 heterocycles. The Hall–Kier alpha value is -2.16. The van der Waals surface area contributed by atoms with Crippen LogP contribution in [-0.4, -0.2) is 22.6 Å². The van der Waals surface area contributed by atoms with E-state index in [9.17, 15) is 4.79 Å². The predicted octanol–water partition coefficient (Wildman–Crippen LogP) is 1.74. The fraction of sp³-hybridized carbons (Fsp3) is 0.0769. The second-order valence-electron chi connectivity index (χ2n) is 3.33. The number of benzene rings is 1. The minimum atomic E-state index is -0.224. The lowest BCUT2D eigenvalue weighted by atomic mass is 10.1. The molecule has 0 aliphatic heterocycles. The van der Waals surface area contributed by atoms with Crippen LogP contribution < -0.4 is 5.32 Å². The summed E-state index contributed by atoms with van der Waals surface area (Å²) in [4.78, 5) is 15.9. The van der Waals surface area contributed by atoms with Gasteiger partial charge in [0.15, 0.2) is 5.13 Å². The summed E-state index contributed by atoms with van der Waals surface area (Å²) in [6.07, 6.45) is 1.63. The molecule has 4 nitrogen and oxygen atoms in total. The number of aromatic nitrogens is 1. The number of aliphatic hydroxyl groups excluding tert-OH is 1. The molecule has 0 saturated heterocycles. The SMILES string of the molecule is O=C(Nc1nccs1)c1cccc(C#CCO)c1. The van der Waals surface area contributed by atoms with Crippen molar-refractivity contribution in [1.82, 2.24) is 4.98 Å². The van der Waals surface area contributed by atoms with E-state index in [1.54, 1.807) is 35.8 Å². The highest BCUT2D eigenvalue weighted by atomic mass is 32.1. The Kier molecular flexibility index (Phi) is 4.07. The summed E-state index contributed by atoms with van der Waals surface area (Å²) in [5.41, 5.74) is 1.20. The zero-order valence-corrected chi connectivity index (χ0v) is 10.2. The van der Waals surface area contributed by atoms with Crippen molar-refractivity contribution in [2.45, 2.75) is 0 Å². The maximum absolute atomic E-state index is 11.9. The molecule has 90 valence electrons. The van der Waals surface area contributed by atoms with E-state index in [0.29, 0.717) is 16.3 Å². The average Bonchev–Trinajstić information content (AvgIpc) is 2.89. The molecule has 0 bridgehead atoms. The Bertz CT molecular complexity index is 597. The molecule has 2 aromatic rings. The lowest BCUT2D eigenvalue weighted by Gasteiger charge is -2.01. The van der Waals surface area contributed by atoms with E-state index < -0.39 is 0 Å². The van der Waals surface area contributed by atoms with Crippen LogP contribution >= 0.6 is 11.3 Å². The Morgan fingerprint density at radius 3 is 3.11 bits per heavy atom. The highest BCUT2D eigenvalue weighted by molar-refractivity contribution is 7.13. The van der Waals surface area contributed by atoms with Gasteiger partial charge in [-0.15, -0.1) is 11.3 Å². The summed E-state index contributed by atoms with van der Waals surface area (Å²) in [6.45, 7) is -0.199. The molecule has 0 radical (unpaired) electrons. The summed E-state index contributed by atoms with van der Waals surface area (Å²) in [5, 5.41) is 13.7. The average molecular weight is 258 g/mol. The normalized spacial score (nSPS) is 9.39. The van der Waals surface area contributed by atoms with Gasteiger partial charge in [-0.2, -0.15) is 0 Å². The molecule has 2 N–H and O–H groups in total. The van der Waals surface area contributed by atoms with Gasteiger partial charge in [-0.25, -0.2) is 4.98 Å². The Balaban J connectivity index is 2.15. The van der Waals surface area contributed by atoms with E-state index in [1.807, 2.05) is 0 Å². The third-order valence-electron chi connectivity index (χ3n) is 2.09. The topological polar surface area (TPSA) is 62.2 Å². The van der Waals surface area contributed by atoms with Gasteiger partial charge in [-0.05, 0) is 18.2 Å². The third kappa shape index (κ3) is 3.17. The van der Waals surface area contributed by atoms with Crippen LogP contribution in [-0.2, 0) is 0 Å². The van der Waals surface area contributed by atoms with Gasteiger partial charge in [0.2, 0.25) is 0 Å². The summed E-state index contributed by atoms with van der Waals surface area (Å²) in [6, 6.07) is 6.90. The van der Waals surface area contributed by atoms with Gasteiger partial charge in [0.1, 0.15) is 6.61 Å². The smallest absolute Gasteiger partial charge is 0.257 e. The van der Waals surface area contributed by atoms with Crippen LogP contribution in [0.5, 0.6) is 0 Å². The molecule has 1 aromatic heterocycles. The molecule has 1 aromatic carbocycles. The first-order valence-electron chi connectivity index (χ1n) is 5.20. The lowest BCUT2D eigenvalue weighted by molar-refractivity contribution is 0.102. The first-order chi connectivity index (χ1) is 8.79. The van der Waals surface area contributed by atoms with E-state index in [2.05, 4.69) is 22.1 Å². The molecule has 0 saturated carbocycles. The maximum atomic E-state index is 11.9. The van der Waals surface area contributed by atoms with Crippen molar-refractivity contribution in [2.75, 3.05) is 11.9 Å². The van der Waals surface area contributed by atoms with Gasteiger partial charge in [0.05, 0.1) is 0 Å². The predicted molar refractivity (Wildman–Crippen MR) is 70.5 cm³/mol. The van der Waals surface area contributed by atoms with E-state index in [0.717, 1.165) is 0 Å². The van der Waals surface area contributed by atoms with Crippen LogP contribution in [0.15, 0.2) is 35.8 Å². The molecule has 18 heavy (non-hydrogen) atoms. The molecule has 0 atom stereocenters. The number of thiazole rings is 1. The third-order valence-corrected chi connectivity index (χ3v) is 2.78. The highest BCUT2D eigenvalue weighted by Crippen LogP contribution is 2.12. The van der Waals surface area contributed by atoms with Gasteiger partial charge in [-0.1, -0.05) is 17.9 Å². The van der Waals surface area contributed by atoms with E-state index in [1.165, 1.54) is 11.3 Å². The Labute approximate surface area is 108 Å². The first-order valence-corrected chi connectivity index (χ1v) is 6.08. The van der Waals surface area contributed by atoms with Crippen LogP contribution in [0.2, 0.25) is 0 Å². The van der Waals surface area contributed by atoms with Crippen LogP contribution in [0.4, 0.5) is 5.13 Å². The van der Waals surface area contributed by atoms with Crippen LogP contribution in [0.25, 0.3) is 0 Å². The molecule has 5 heteroatoms. The van der Waals surface area contributed by atoms with Crippen molar-refractivity contribution in [3.63, 3.8) is 0 Å². The summed E-state index contributed by atoms with van der Waals surface area (Å²) in [5.74, 6) is 5.07. The van der Waals surface area contributed by atoms with Gasteiger partial charge in [0, 0.05) is 22.7 Å². The van der Waals surface area contributed by atoms with Gasteiger partial charge in [-0.3, -0.25) is 10.1 Å². The van der Waals surface area contributed by atoms with Crippen molar-refractivity contribution in [1.29, 1.82) is 0 Å². The molecule has 0 aliphatic rings. The molecular weight excluding hydrogens is 248 g/mol. The molecular formula is C13H10N2O2S. The highest BCUT2D eigenvalue weighted by Gasteiger charge is 2.07. The van der Waals surface area contributed by atoms with Gasteiger partial charge < -0.3 is 5.11 Å². The van der Waals surface area contributed by atoms with Gasteiger partial charge >= 0.3 is 0 Å². The number of aliphatic hydroxyl groups is 1. The summed E-state index contributed by atoms with van der Waals surface area (Å²) < 4.78 is 0. The molecule has 1 amide bonds. The van der Waals surface area contributed by atoms with Crippen LogP contribution in [0.1, 0.15) is 15.9 Å². The quantitative estimate of drug-likeness (QED) is 0.806. The number of nitrogens with one attached hydrogen (secondary N) is 1.